The van der Waals surface area contributed by atoms with Crippen LogP contribution in [0.15, 0.2) is 5.29 Å². The summed E-state index contributed by atoms with van der Waals surface area (Å²) in [4.78, 5) is 20.0. The molecular weight excluding hydrogens is 145 g/mol. The van der Waals surface area contributed by atoms with Gasteiger partial charge in [-0.2, -0.15) is 0 Å². The predicted octanol–water partition coefficient (Wildman–Crippen LogP) is -2.18. The van der Waals surface area contributed by atoms with Crippen LogP contribution in [-0.2, 0) is 0 Å². The molecule has 0 aromatic rings. The summed E-state index contributed by atoms with van der Waals surface area (Å²) >= 11 is 0. The summed E-state index contributed by atoms with van der Waals surface area (Å²) in [7, 11) is 0. The molecule has 5 nitrogen and oxygen atoms in total. The van der Waals surface area contributed by atoms with Gasteiger partial charge in [-0.05, 0) is 13.8 Å². The molecule has 0 aliphatic heterocycles. The summed E-state index contributed by atoms with van der Waals surface area (Å²) in [6.07, 6.45) is 0. The molecule has 0 bridgehead atoms. The van der Waals surface area contributed by atoms with E-state index < -0.39 is 0 Å². The summed E-state index contributed by atoms with van der Waals surface area (Å²) in [5.41, 5.74) is 0. The van der Waals surface area contributed by atoms with E-state index in [1.165, 1.54) is 5.01 Å². The first-order chi connectivity index (χ1) is 4.26. The van der Waals surface area contributed by atoms with Gasteiger partial charge in [0.15, 0.2) is 0 Å². The van der Waals surface area contributed by atoms with Gasteiger partial charge in [0.2, 0.25) is 0 Å². The Hall–Kier alpha value is 0. The van der Waals surface area contributed by atoms with Gasteiger partial charge < -0.3 is 1.43 Å². The number of nitroso groups, excluding NO2 is 2. The maximum Gasteiger partial charge on any atom is 1.00 e. The number of nitrogens with zero attached hydrogens (tertiary/aromatic N) is 3. The van der Waals surface area contributed by atoms with Crippen molar-refractivity contribution >= 4 is 0 Å². The Balaban J connectivity index is -0.000000320. The van der Waals surface area contributed by atoms with E-state index in [9.17, 15) is 9.81 Å². The second kappa shape index (κ2) is 7.11. The number of rotatable bonds is 4. The van der Waals surface area contributed by atoms with Crippen LogP contribution >= 0.6 is 0 Å². The molecule has 10 heavy (non-hydrogen) atoms. The van der Waals surface area contributed by atoms with Crippen molar-refractivity contribution in [2.75, 3.05) is 13.1 Å². The minimum Gasteiger partial charge on any atom is -1.00 e. The quantitative estimate of drug-likeness (QED) is 0.201. The molecule has 0 amide bonds. The molecule has 0 aliphatic rings. The molecule has 0 aromatic heterocycles. The summed E-state index contributed by atoms with van der Waals surface area (Å²) in [6.45, 7) is 4.57. The van der Waals surface area contributed by atoms with Gasteiger partial charge >= 0.3 is 39.8 Å². The third-order valence-corrected chi connectivity index (χ3v) is 1.04. The molecule has 0 aromatic carbocycles. The van der Waals surface area contributed by atoms with Crippen LogP contribution in [0.3, 0.4) is 0 Å². The van der Waals surface area contributed by atoms with Crippen LogP contribution < -0.4 is 29.6 Å². The molecule has 0 radical (unpaired) electrons. The molecule has 0 saturated heterocycles. The molecule has 6 heteroatoms. The first-order valence-electron chi connectivity index (χ1n) is 2.81. The largest absolute Gasteiger partial charge is 1.00 e. The van der Waals surface area contributed by atoms with E-state index in [1.54, 1.807) is 13.8 Å². The van der Waals surface area contributed by atoms with E-state index in [0.29, 0.717) is 13.1 Å². The van der Waals surface area contributed by atoms with E-state index in [2.05, 4.69) is 5.29 Å². The first-order valence-corrected chi connectivity index (χ1v) is 2.81. The zero-order valence-corrected chi connectivity index (χ0v) is 8.57. The third kappa shape index (κ3) is 3.92. The van der Waals surface area contributed by atoms with Crippen LogP contribution in [-0.4, -0.2) is 23.1 Å². The van der Waals surface area contributed by atoms with Crippen molar-refractivity contribution in [3.05, 3.63) is 9.81 Å². The molecule has 0 spiro atoms. The molecule has 0 unspecified atom stereocenters. The second-order valence-electron chi connectivity index (χ2n) is 1.47. The number of hydrogen-bond donors (Lipinski definition) is 0. The van der Waals surface area contributed by atoms with Crippen molar-refractivity contribution in [2.24, 2.45) is 5.29 Å². The van der Waals surface area contributed by atoms with Crippen LogP contribution in [0.2, 0.25) is 0 Å². The molecule has 0 N–H and O–H groups in total. The standard InChI is InChI=1S/C4H10N3O2.Na.H/c1-3-6(4-2)7(9)5-8;;/h3-4H2,1-2H3;;/q2*+1;-1. The van der Waals surface area contributed by atoms with E-state index in [1.807, 2.05) is 0 Å². The minimum absolute atomic E-state index is 0. The Morgan fingerprint density at radius 1 is 1.50 bits per heavy atom. The zero-order valence-electron chi connectivity index (χ0n) is 7.57. The van der Waals surface area contributed by atoms with Gasteiger partial charge in [-0.25, -0.2) is 0 Å². The Kier molecular flexibility index (Phi) is 9.00. The molecule has 0 fully saturated rings. The maximum atomic E-state index is 10.3. The average molecular weight is 156 g/mol. The second-order valence-corrected chi connectivity index (χ2v) is 1.47. The molecular formula is C4H11N3NaO2+. The zero-order chi connectivity index (χ0) is 7.28. The van der Waals surface area contributed by atoms with Crippen LogP contribution in [0.25, 0.3) is 0 Å². The van der Waals surface area contributed by atoms with Crippen molar-refractivity contribution < 1.29 is 36.0 Å². The molecule has 0 rings (SSSR count). The van der Waals surface area contributed by atoms with E-state index in [-0.39, 0.29) is 36.0 Å². The Morgan fingerprint density at radius 3 is 2.00 bits per heavy atom. The van der Waals surface area contributed by atoms with Crippen molar-refractivity contribution in [3.63, 3.8) is 0 Å². The van der Waals surface area contributed by atoms with Crippen LogP contribution in [0.5, 0.6) is 0 Å². The molecule has 0 atom stereocenters. The number of hydrazine groups is 1. The average Bonchev–Trinajstić information content (AvgIpc) is 1.90. The van der Waals surface area contributed by atoms with Crippen LogP contribution in [0, 0.1) is 9.81 Å². The summed E-state index contributed by atoms with van der Waals surface area (Å²) < 4.78 is 0. The minimum atomic E-state index is 0. The molecule has 0 saturated carbocycles. The Morgan fingerprint density at radius 2 is 1.90 bits per heavy atom. The fraction of sp³-hybridized carbons (Fsp3) is 1.00. The summed E-state index contributed by atoms with van der Waals surface area (Å²) in [6, 6.07) is 0. The Bertz CT molecular complexity index is 120. The maximum absolute atomic E-state index is 10.3. The third-order valence-electron chi connectivity index (χ3n) is 1.04. The van der Waals surface area contributed by atoms with Crippen LogP contribution in [0.4, 0.5) is 0 Å². The van der Waals surface area contributed by atoms with E-state index >= 15 is 0 Å². The summed E-state index contributed by atoms with van der Waals surface area (Å²) in [5, 5.41) is 3.46. The van der Waals surface area contributed by atoms with Gasteiger partial charge in [0, 0.05) is 0 Å². The van der Waals surface area contributed by atoms with Gasteiger partial charge in [-0.15, -0.1) is 5.01 Å². The molecule has 0 heterocycles. The molecule has 54 valence electrons. The monoisotopic (exact) mass is 156 g/mol. The Labute approximate surface area is 83.0 Å². The number of hydrogen-bond acceptors (Lipinski definition) is 2. The van der Waals surface area contributed by atoms with Crippen molar-refractivity contribution in [2.45, 2.75) is 13.8 Å². The normalized spacial score (nSPS) is 7.80. The van der Waals surface area contributed by atoms with Crippen molar-refractivity contribution in [1.29, 1.82) is 0 Å². The van der Waals surface area contributed by atoms with Crippen molar-refractivity contribution in [1.82, 2.24) is 5.01 Å². The SMILES string of the molecule is CCN(CC)[N+](=O)N=O.[H-].[Na+]. The van der Waals surface area contributed by atoms with E-state index in [4.69, 9.17) is 0 Å². The van der Waals surface area contributed by atoms with Gasteiger partial charge in [0.1, 0.15) is 0 Å². The van der Waals surface area contributed by atoms with Crippen LogP contribution in [0.1, 0.15) is 15.3 Å². The smallest absolute Gasteiger partial charge is 1.00 e. The van der Waals surface area contributed by atoms with Gasteiger partial charge in [-0.3, -0.25) is 0 Å². The summed E-state index contributed by atoms with van der Waals surface area (Å²) in [5.74, 6) is 0. The predicted molar refractivity (Wildman–Crippen MR) is 33.5 cm³/mol. The fourth-order valence-electron chi connectivity index (χ4n) is 0.517. The van der Waals surface area contributed by atoms with Crippen molar-refractivity contribution in [3.8, 4) is 0 Å². The van der Waals surface area contributed by atoms with Gasteiger partial charge in [0.05, 0.1) is 18.0 Å². The topological polar surface area (TPSA) is 52.8 Å². The van der Waals surface area contributed by atoms with Gasteiger partial charge in [0.25, 0.3) is 0 Å². The van der Waals surface area contributed by atoms with Gasteiger partial charge in [-0.1, -0.05) is 4.91 Å². The van der Waals surface area contributed by atoms with E-state index in [0.717, 1.165) is 0 Å². The fourth-order valence-corrected chi connectivity index (χ4v) is 0.517. The molecule has 0 aliphatic carbocycles. The first kappa shape index (κ1) is 12.7.